The van der Waals surface area contributed by atoms with E-state index in [-0.39, 0.29) is 18.1 Å². The second kappa shape index (κ2) is 17.7. The lowest BCUT2D eigenvalue weighted by molar-refractivity contribution is -0.119. The standard InChI is InChI=1S/C23H43N5O3S/c1-21(2)17-16-20-32(30,31)26-23(29)19-15-13-11-9-7-5-3-4-6-8-10-12-14-18-22-24-27-28-25-22/h1,3-20H2,2H3,(H,26,29)(H,24,25,27,28). The Hall–Kier alpha value is -1.77. The van der Waals surface area contributed by atoms with Crippen molar-refractivity contribution in [1.82, 2.24) is 25.3 Å². The van der Waals surface area contributed by atoms with Crippen molar-refractivity contribution in [3.8, 4) is 0 Å². The SMILES string of the molecule is C=C(C)CCCS(=O)(=O)NC(=O)CCCCCCCCCCCCCCCc1nnn[nH]1. The van der Waals surface area contributed by atoms with Crippen LogP contribution in [-0.2, 0) is 21.2 Å². The van der Waals surface area contributed by atoms with Crippen LogP contribution in [-0.4, -0.2) is 40.7 Å². The van der Waals surface area contributed by atoms with E-state index in [4.69, 9.17) is 0 Å². The molecule has 9 heteroatoms. The highest BCUT2D eigenvalue weighted by Crippen LogP contribution is 2.13. The van der Waals surface area contributed by atoms with Gasteiger partial charge in [-0.05, 0) is 43.0 Å². The highest BCUT2D eigenvalue weighted by atomic mass is 32.2. The van der Waals surface area contributed by atoms with Gasteiger partial charge in [0.25, 0.3) is 0 Å². The van der Waals surface area contributed by atoms with E-state index in [0.717, 1.165) is 43.5 Å². The Morgan fingerprint density at radius 1 is 0.844 bits per heavy atom. The smallest absolute Gasteiger partial charge is 0.234 e. The van der Waals surface area contributed by atoms with Crippen molar-refractivity contribution in [3.63, 3.8) is 0 Å². The first-order chi connectivity index (χ1) is 15.4. The zero-order valence-electron chi connectivity index (χ0n) is 19.9. The summed E-state index contributed by atoms with van der Waals surface area (Å²) < 4.78 is 25.9. The first kappa shape index (κ1) is 28.3. The number of H-pyrrole nitrogens is 1. The largest absolute Gasteiger partial charge is 0.274 e. The minimum atomic E-state index is -3.50. The molecule has 0 aromatic carbocycles. The summed E-state index contributed by atoms with van der Waals surface area (Å²) in [6.45, 7) is 5.63. The third-order valence-electron chi connectivity index (χ3n) is 5.49. The molecule has 1 amide bonds. The molecule has 0 aliphatic carbocycles. The van der Waals surface area contributed by atoms with Crippen LogP contribution in [0.25, 0.3) is 0 Å². The van der Waals surface area contributed by atoms with Crippen molar-refractivity contribution in [1.29, 1.82) is 0 Å². The predicted molar refractivity (Wildman–Crippen MR) is 128 cm³/mol. The Morgan fingerprint density at radius 3 is 1.88 bits per heavy atom. The van der Waals surface area contributed by atoms with Gasteiger partial charge in [0.2, 0.25) is 15.9 Å². The molecular weight excluding hydrogens is 426 g/mol. The van der Waals surface area contributed by atoms with Gasteiger partial charge in [0.15, 0.2) is 0 Å². The van der Waals surface area contributed by atoms with E-state index < -0.39 is 10.0 Å². The fraction of sp³-hybridized carbons (Fsp3) is 0.826. The molecule has 1 aromatic rings. The van der Waals surface area contributed by atoms with E-state index in [1.165, 1.54) is 57.8 Å². The van der Waals surface area contributed by atoms with Crippen LogP contribution in [0.1, 0.15) is 115 Å². The summed E-state index contributed by atoms with van der Waals surface area (Å²) in [6.07, 6.45) is 17.8. The summed E-state index contributed by atoms with van der Waals surface area (Å²) in [4.78, 5) is 11.8. The fourth-order valence-electron chi connectivity index (χ4n) is 3.65. The molecule has 8 nitrogen and oxygen atoms in total. The Bertz CT molecular complexity index is 720. The van der Waals surface area contributed by atoms with Gasteiger partial charge in [0.1, 0.15) is 5.82 Å². The maximum Gasteiger partial charge on any atom is 0.234 e. The Labute approximate surface area is 194 Å². The molecule has 0 saturated heterocycles. The first-order valence-corrected chi connectivity index (χ1v) is 13.9. The minimum Gasteiger partial charge on any atom is -0.274 e. The molecule has 1 aromatic heterocycles. The number of nitrogens with zero attached hydrogens (tertiary/aromatic N) is 3. The van der Waals surface area contributed by atoms with Crippen molar-refractivity contribution in [3.05, 3.63) is 18.0 Å². The van der Waals surface area contributed by atoms with E-state index in [1.807, 2.05) is 6.92 Å². The van der Waals surface area contributed by atoms with E-state index in [2.05, 4.69) is 31.9 Å². The molecule has 0 fully saturated rings. The van der Waals surface area contributed by atoms with E-state index in [9.17, 15) is 13.2 Å². The average molecular weight is 470 g/mol. The van der Waals surface area contributed by atoms with Crippen molar-refractivity contribution in [2.75, 3.05) is 5.75 Å². The Morgan fingerprint density at radius 2 is 1.38 bits per heavy atom. The van der Waals surface area contributed by atoms with Gasteiger partial charge in [0, 0.05) is 12.8 Å². The number of allylic oxidation sites excluding steroid dienone is 1. The predicted octanol–water partition coefficient (Wildman–Crippen LogP) is 5.01. The zero-order chi connectivity index (χ0) is 23.5. The van der Waals surface area contributed by atoms with Crippen LogP contribution < -0.4 is 4.72 Å². The molecule has 2 N–H and O–H groups in total. The quantitative estimate of drug-likeness (QED) is 0.193. The van der Waals surface area contributed by atoms with E-state index in [1.54, 1.807) is 0 Å². The number of nitrogens with one attached hydrogen (secondary N) is 2. The maximum absolute atomic E-state index is 11.8. The van der Waals surface area contributed by atoms with Gasteiger partial charge in [-0.15, -0.1) is 11.7 Å². The molecule has 0 unspecified atom stereocenters. The number of aromatic amines is 1. The molecule has 1 rings (SSSR count). The molecule has 32 heavy (non-hydrogen) atoms. The van der Waals surface area contributed by atoms with E-state index >= 15 is 0 Å². The summed E-state index contributed by atoms with van der Waals surface area (Å²) in [7, 11) is -3.50. The average Bonchev–Trinajstić information content (AvgIpc) is 3.23. The number of unbranched alkanes of at least 4 members (excludes halogenated alkanes) is 12. The second-order valence-electron chi connectivity index (χ2n) is 8.85. The number of aromatic nitrogens is 4. The maximum atomic E-state index is 11.8. The number of hydrogen-bond donors (Lipinski definition) is 2. The van der Waals surface area contributed by atoms with Gasteiger partial charge in [-0.3, -0.25) is 9.52 Å². The van der Waals surface area contributed by atoms with Crippen molar-refractivity contribution in [2.24, 2.45) is 0 Å². The zero-order valence-corrected chi connectivity index (χ0v) is 20.7. The molecule has 184 valence electrons. The molecule has 0 radical (unpaired) electrons. The molecule has 0 aliphatic heterocycles. The summed E-state index contributed by atoms with van der Waals surface area (Å²) >= 11 is 0. The first-order valence-electron chi connectivity index (χ1n) is 12.3. The van der Waals surface area contributed by atoms with Crippen LogP contribution in [0.3, 0.4) is 0 Å². The second-order valence-corrected chi connectivity index (χ2v) is 10.7. The van der Waals surface area contributed by atoms with Gasteiger partial charge in [-0.2, -0.15) is 0 Å². The third-order valence-corrected chi connectivity index (χ3v) is 6.86. The van der Waals surface area contributed by atoms with Crippen LogP contribution in [0.15, 0.2) is 12.2 Å². The number of amides is 1. The van der Waals surface area contributed by atoms with Crippen LogP contribution in [0.4, 0.5) is 0 Å². The number of carbonyl (C=O) groups is 1. The highest BCUT2D eigenvalue weighted by molar-refractivity contribution is 7.90. The lowest BCUT2D eigenvalue weighted by Crippen LogP contribution is -2.32. The summed E-state index contributed by atoms with van der Waals surface area (Å²) in [5.41, 5.74) is 0.955. The summed E-state index contributed by atoms with van der Waals surface area (Å²) in [5.74, 6) is 0.481. The number of rotatable bonds is 21. The van der Waals surface area contributed by atoms with Gasteiger partial charge in [-0.25, -0.2) is 13.5 Å². The third kappa shape index (κ3) is 16.9. The Balaban J connectivity index is 1.82. The Kier molecular flexibility index (Phi) is 15.7. The van der Waals surface area contributed by atoms with Crippen molar-refractivity contribution >= 4 is 15.9 Å². The number of sulfonamides is 1. The molecule has 0 aliphatic rings. The fourth-order valence-corrected chi connectivity index (χ4v) is 4.72. The lowest BCUT2D eigenvalue weighted by Gasteiger charge is -2.07. The number of hydrogen-bond acceptors (Lipinski definition) is 6. The normalized spacial score (nSPS) is 11.5. The molecule has 0 bridgehead atoms. The van der Waals surface area contributed by atoms with Gasteiger partial charge >= 0.3 is 0 Å². The molecule has 0 atom stereocenters. The lowest BCUT2D eigenvalue weighted by atomic mass is 10.0. The number of tetrazole rings is 1. The van der Waals surface area contributed by atoms with Crippen LogP contribution in [0, 0.1) is 0 Å². The van der Waals surface area contributed by atoms with Gasteiger partial charge in [-0.1, -0.05) is 76.2 Å². The van der Waals surface area contributed by atoms with Gasteiger partial charge < -0.3 is 0 Å². The number of aryl methyl sites for hydroxylation is 1. The molecule has 1 heterocycles. The van der Waals surface area contributed by atoms with Crippen LogP contribution >= 0.6 is 0 Å². The minimum absolute atomic E-state index is 0.0206. The van der Waals surface area contributed by atoms with Crippen molar-refractivity contribution in [2.45, 2.75) is 116 Å². The summed E-state index contributed by atoms with van der Waals surface area (Å²) in [5, 5.41) is 13.8. The van der Waals surface area contributed by atoms with Gasteiger partial charge in [0.05, 0.1) is 5.75 Å². The molecule has 0 spiro atoms. The monoisotopic (exact) mass is 469 g/mol. The highest BCUT2D eigenvalue weighted by Gasteiger charge is 2.13. The van der Waals surface area contributed by atoms with Crippen LogP contribution in [0.2, 0.25) is 0 Å². The number of carbonyl (C=O) groups excluding carboxylic acids is 1. The van der Waals surface area contributed by atoms with Crippen LogP contribution in [0.5, 0.6) is 0 Å². The molecular formula is C23H43N5O3S. The molecule has 0 saturated carbocycles. The topological polar surface area (TPSA) is 118 Å². The van der Waals surface area contributed by atoms with Crippen molar-refractivity contribution < 1.29 is 13.2 Å². The summed E-state index contributed by atoms with van der Waals surface area (Å²) in [6, 6.07) is 0. The van der Waals surface area contributed by atoms with E-state index in [0.29, 0.717) is 12.8 Å².